The summed E-state index contributed by atoms with van der Waals surface area (Å²) >= 11 is 8.01. The zero-order chi connectivity index (χ0) is 14.4. The molecule has 2 rings (SSSR count). The minimum Gasteiger partial charge on any atom is -0.306 e. The summed E-state index contributed by atoms with van der Waals surface area (Å²) in [6, 6.07) is 11.1. The second kappa shape index (κ2) is 7.82. The van der Waals surface area contributed by atoms with Gasteiger partial charge in [-0.1, -0.05) is 56.1 Å². The molecule has 0 aliphatic heterocycles. The minimum absolute atomic E-state index is 0.202. The van der Waals surface area contributed by atoms with Crippen molar-refractivity contribution in [3.63, 3.8) is 0 Å². The molecule has 0 spiro atoms. The molecule has 0 radical (unpaired) electrons. The molecular formula is C17H22ClNS. The normalized spacial score (nSPS) is 12.6. The van der Waals surface area contributed by atoms with Crippen molar-refractivity contribution in [3.8, 4) is 0 Å². The van der Waals surface area contributed by atoms with Crippen LogP contribution in [0.3, 0.4) is 0 Å². The van der Waals surface area contributed by atoms with Crippen molar-refractivity contribution < 1.29 is 0 Å². The zero-order valence-corrected chi connectivity index (χ0v) is 13.7. The molecule has 0 aliphatic rings. The lowest BCUT2D eigenvalue weighted by molar-refractivity contribution is 0.639. The van der Waals surface area contributed by atoms with E-state index in [0.717, 1.165) is 11.6 Å². The number of aryl methyl sites for hydroxylation is 1. The second-order valence-corrected chi connectivity index (χ2v) is 6.32. The van der Waals surface area contributed by atoms with Gasteiger partial charge in [-0.25, -0.2) is 0 Å². The van der Waals surface area contributed by atoms with E-state index >= 15 is 0 Å². The highest BCUT2D eigenvalue weighted by molar-refractivity contribution is 7.10. The fourth-order valence-corrected chi connectivity index (χ4v) is 3.60. The summed E-state index contributed by atoms with van der Waals surface area (Å²) < 4.78 is 0. The first-order valence-electron chi connectivity index (χ1n) is 7.31. The highest BCUT2D eigenvalue weighted by Gasteiger charge is 2.17. The second-order valence-electron chi connectivity index (χ2n) is 4.97. The van der Waals surface area contributed by atoms with Crippen molar-refractivity contribution in [3.05, 3.63) is 56.7 Å². The van der Waals surface area contributed by atoms with E-state index < -0.39 is 0 Å². The number of halogens is 1. The summed E-state index contributed by atoms with van der Waals surface area (Å²) in [5, 5.41) is 6.44. The molecule has 1 atom stereocenters. The van der Waals surface area contributed by atoms with Gasteiger partial charge < -0.3 is 5.32 Å². The molecule has 0 bridgehead atoms. The fourth-order valence-electron chi connectivity index (χ4n) is 2.34. The topological polar surface area (TPSA) is 12.0 Å². The first-order valence-corrected chi connectivity index (χ1v) is 8.57. The maximum atomic E-state index is 6.29. The van der Waals surface area contributed by atoms with E-state index in [-0.39, 0.29) is 6.04 Å². The Morgan fingerprint density at radius 2 is 1.90 bits per heavy atom. The third-order valence-corrected chi connectivity index (χ3v) is 4.87. The molecule has 0 amide bonds. The van der Waals surface area contributed by atoms with Crippen LogP contribution >= 0.6 is 22.9 Å². The molecule has 0 saturated carbocycles. The lowest BCUT2D eigenvalue weighted by Gasteiger charge is -2.18. The monoisotopic (exact) mass is 307 g/mol. The molecule has 0 fully saturated rings. The van der Waals surface area contributed by atoms with E-state index in [2.05, 4.69) is 48.8 Å². The summed E-state index contributed by atoms with van der Waals surface area (Å²) in [4.78, 5) is 1.20. The maximum absolute atomic E-state index is 6.29. The van der Waals surface area contributed by atoms with Gasteiger partial charge in [0.1, 0.15) is 0 Å². The number of thiophene rings is 1. The smallest absolute Gasteiger partial charge is 0.0686 e. The molecule has 1 aromatic carbocycles. The van der Waals surface area contributed by atoms with Crippen LogP contribution in [0, 0.1) is 0 Å². The maximum Gasteiger partial charge on any atom is 0.0686 e. The third kappa shape index (κ3) is 3.85. The molecule has 0 saturated heterocycles. The Labute approximate surface area is 131 Å². The van der Waals surface area contributed by atoms with Gasteiger partial charge in [0.2, 0.25) is 0 Å². The molecule has 1 aromatic heterocycles. The molecule has 1 unspecified atom stereocenters. The van der Waals surface area contributed by atoms with Crippen LogP contribution in [0.2, 0.25) is 5.02 Å². The van der Waals surface area contributed by atoms with Crippen LogP contribution in [-0.4, -0.2) is 6.54 Å². The molecular weight excluding hydrogens is 286 g/mol. The average molecular weight is 308 g/mol. The standard InChI is InChI=1S/C17H22ClNS/c1-3-5-6-13-7-9-14(10-8-13)16(19-4-2)17-15(18)11-12-20-17/h7-12,16,19H,3-6H2,1-2H3. The first kappa shape index (κ1) is 15.6. The zero-order valence-electron chi connectivity index (χ0n) is 12.2. The minimum atomic E-state index is 0.202. The number of hydrogen-bond acceptors (Lipinski definition) is 2. The van der Waals surface area contributed by atoms with Crippen LogP contribution in [0.25, 0.3) is 0 Å². The SMILES string of the molecule is CCCCc1ccc(C(NCC)c2sccc2Cl)cc1. The first-order chi connectivity index (χ1) is 9.76. The van der Waals surface area contributed by atoms with Gasteiger partial charge >= 0.3 is 0 Å². The van der Waals surface area contributed by atoms with Gasteiger partial charge in [0.05, 0.1) is 11.1 Å². The number of nitrogens with one attached hydrogen (secondary N) is 1. The molecule has 2 aromatic rings. The largest absolute Gasteiger partial charge is 0.306 e. The van der Waals surface area contributed by atoms with Gasteiger partial charge in [-0.15, -0.1) is 11.3 Å². The Morgan fingerprint density at radius 1 is 1.15 bits per heavy atom. The Hall–Kier alpha value is -0.830. The summed E-state index contributed by atoms with van der Waals surface area (Å²) in [6.45, 7) is 5.29. The lowest BCUT2D eigenvalue weighted by Crippen LogP contribution is -2.21. The van der Waals surface area contributed by atoms with Gasteiger partial charge in [-0.05, 0) is 42.0 Å². The predicted molar refractivity (Wildman–Crippen MR) is 89.9 cm³/mol. The van der Waals surface area contributed by atoms with E-state index in [1.54, 1.807) is 11.3 Å². The van der Waals surface area contributed by atoms with Crippen LogP contribution in [0.5, 0.6) is 0 Å². The molecule has 20 heavy (non-hydrogen) atoms. The van der Waals surface area contributed by atoms with E-state index in [4.69, 9.17) is 11.6 Å². The Morgan fingerprint density at radius 3 is 2.45 bits per heavy atom. The Bertz CT molecular complexity index is 518. The van der Waals surface area contributed by atoms with Crippen LogP contribution < -0.4 is 5.32 Å². The summed E-state index contributed by atoms with van der Waals surface area (Å²) in [5.74, 6) is 0. The van der Waals surface area contributed by atoms with E-state index in [9.17, 15) is 0 Å². The quantitative estimate of drug-likeness (QED) is 0.718. The van der Waals surface area contributed by atoms with Crippen LogP contribution in [0.15, 0.2) is 35.7 Å². The van der Waals surface area contributed by atoms with Crippen molar-refractivity contribution in [1.82, 2.24) is 5.32 Å². The van der Waals surface area contributed by atoms with E-state index in [1.165, 1.54) is 35.3 Å². The molecule has 0 aliphatic carbocycles. The highest BCUT2D eigenvalue weighted by atomic mass is 35.5. The van der Waals surface area contributed by atoms with Crippen LogP contribution in [0.1, 0.15) is 48.7 Å². The molecule has 1 nitrogen and oxygen atoms in total. The van der Waals surface area contributed by atoms with Crippen molar-refractivity contribution in [1.29, 1.82) is 0 Å². The van der Waals surface area contributed by atoms with Crippen molar-refractivity contribution in [2.24, 2.45) is 0 Å². The lowest BCUT2D eigenvalue weighted by atomic mass is 10.0. The van der Waals surface area contributed by atoms with Crippen molar-refractivity contribution in [2.75, 3.05) is 6.54 Å². The Kier molecular flexibility index (Phi) is 6.08. The van der Waals surface area contributed by atoms with Gasteiger partial charge in [0.25, 0.3) is 0 Å². The van der Waals surface area contributed by atoms with Crippen LogP contribution in [-0.2, 0) is 6.42 Å². The number of benzene rings is 1. The van der Waals surface area contributed by atoms with Crippen molar-refractivity contribution >= 4 is 22.9 Å². The summed E-state index contributed by atoms with van der Waals surface area (Å²) in [6.07, 6.45) is 3.67. The number of unbranched alkanes of at least 4 members (excludes halogenated alkanes) is 1. The molecule has 1 N–H and O–H groups in total. The molecule has 1 heterocycles. The van der Waals surface area contributed by atoms with Gasteiger partial charge in [-0.3, -0.25) is 0 Å². The number of hydrogen-bond donors (Lipinski definition) is 1. The van der Waals surface area contributed by atoms with Gasteiger partial charge in [0, 0.05) is 4.88 Å². The number of rotatable bonds is 7. The fraction of sp³-hybridized carbons (Fsp3) is 0.412. The van der Waals surface area contributed by atoms with Gasteiger partial charge in [0.15, 0.2) is 0 Å². The van der Waals surface area contributed by atoms with E-state index in [0.29, 0.717) is 0 Å². The summed E-state index contributed by atoms with van der Waals surface area (Å²) in [5.41, 5.74) is 2.71. The molecule has 108 valence electrons. The summed E-state index contributed by atoms with van der Waals surface area (Å²) in [7, 11) is 0. The van der Waals surface area contributed by atoms with E-state index in [1.807, 2.05) is 6.07 Å². The third-order valence-electron chi connectivity index (χ3n) is 3.45. The van der Waals surface area contributed by atoms with Crippen LogP contribution in [0.4, 0.5) is 0 Å². The van der Waals surface area contributed by atoms with Crippen molar-refractivity contribution in [2.45, 2.75) is 39.2 Å². The average Bonchev–Trinajstić information content (AvgIpc) is 2.89. The predicted octanol–water partition coefficient (Wildman–Crippen LogP) is 5.44. The van der Waals surface area contributed by atoms with Gasteiger partial charge in [-0.2, -0.15) is 0 Å². The highest BCUT2D eigenvalue weighted by Crippen LogP contribution is 2.33. The molecule has 3 heteroatoms. The Balaban J connectivity index is 2.19.